The summed E-state index contributed by atoms with van der Waals surface area (Å²) in [7, 11) is 2.06. The van der Waals surface area contributed by atoms with E-state index in [1.165, 1.54) is 25.7 Å². The molecule has 1 aliphatic rings. The molecule has 2 atom stereocenters. The van der Waals surface area contributed by atoms with Crippen molar-refractivity contribution in [3.05, 3.63) is 10.7 Å². The van der Waals surface area contributed by atoms with Gasteiger partial charge in [0.1, 0.15) is 10.4 Å². The van der Waals surface area contributed by atoms with Gasteiger partial charge in [-0.1, -0.05) is 19.8 Å². The Kier molecular flexibility index (Phi) is 3.86. The molecular weight excluding hydrogens is 280 g/mol. The first-order valence-corrected chi connectivity index (χ1v) is 6.88. The van der Waals surface area contributed by atoms with E-state index in [1.807, 2.05) is 0 Å². The fraction of sp³-hybridized carbons (Fsp3) is 0.667. The lowest BCUT2D eigenvalue weighted by Gasteiger charge is -2.34. The molecule has 0 spiro atoms. The second-order valence-electron chi connectivity index (χ2n) is 4.95. The fourth-order valence-electron chi connectivity index (χ4n) is 2.50. The monoisotopic (exact) mass is 298 g/mol. The molecular formula is C12H19BrN4. The van der Waals surface area contributed by atoms with Crippen molar-refractivity contribution in [1.82, 2.24) is 9.97 Å². The predicted octanol–water partition coefficient (Wildman–Crippen LogP) is 2.84. The first-order valence-electron chi connectivity index (χ1n) is 6.09. The number of aromatic nitrogens is 2. The maximum Gasteiger partial charge on any atom is 0.228 e. The average Bonchev–Trinajstić information content (AvgIpc) is 2.26. The fourth-order valence-corrected chi connectivity index (χ4v) is 2.89. The van der Waals surface area contributed by atoms with Crippen LogP contribution in [0.5, 0.6) is 0 Å². The number of nitrogens with zero attached hydrogens (tertiary/aromatic N) is 3. The highest BCUT2D eigenvalue weighted by Gasteiger charge is 2.24. The maximum absolute atomic E-state index is 5.75. The molecule has 2 rings (SSSR count). The van der Waals surface area contributed by atoms with Gasteiger partial charge in [-0.3, -0.25) is 0 Å². The lowest BCUT2D eigenvalue weighted by atomic mass is 9.86. The Morgan fingerprint density at radius 3 is 2.82 bits per heavy atom. The highest BCUT2D eigenvalue weighted by Crippen LogP contribution is 2.28. The SMILES string of the molecule is CC1CCCC(N(C)c2nc(N)cc(Br)n2)C1. The second kappa shape index (κ2) is 5.21. The average molecular weight is 299 g/mol. The molecule has 1 aromatic heterocycles. The molecule has 0 saturated heterocycles. The molecule has 2 N–H and O–H groups in total. The minimum atomic E-state index is 0.512. The molecule has 1 aromatic rings. The zero-order valence-electron chi connectivity index (χ0n) is 10.4. The Morgan fingerprint density at radius 2 is 2.18 bits per heavy atom. The van der Waals surface area contributed by atoms with Crippen LogP contribution >= 0.6 is 15.9 Å². The van der Waals surface area contributed by atoms with Crippen molar-refractivity contribution >= 4 is 27.7 Å². The minimum absolute atomic E-state index is 0.512. The van der Waals surface area contributed by atoms with E-state index in [1.54, 1.807) is 6.07 Å². The van der Waals surface area contributed by atoms with Crippen LogP contribution in [0, 0.1) is 5.92 Å². The quantitative estimate of drug-likeness (QED) is 0.853. The van der Waals surface area contributed by atoms with E-state index in [-0.39, 0.29) is 0 Å². The van der Waals surface area contributed by atoms with Gasteiger partial charge >= 0.3 is 0 Å². The van der Waals surface area contributed by atoms with Crippen LogP contribution in [0.4, 0.5) is 11.8 Å². The summed E-state index contributed by atoms with van der Waals surface area (Å²) in [5.74, 6) is 2.02. The number of hydrogen-bond donors (Lipinski definition) is 1. The van der Waals surface area contributed by atoms with Gasteiger partial charge in [0.15, 0.2) is 0 Å². The zero-order valence-corrected chi connectivity index (χ0v) is 11.9. The van der Waals surface area contributed by atoms with Crippen LogP contribution in [0.3, 0.4) is 0 Å². The normalized spacial score (nSPS) is 24.6. The number of nitrogens with two attached hydrogens (primary N) is 1. The van der Waals surface area contributed by atoms with Gasteiger partial charge in [-0.15, -0.1) is 0 Å². The van der Waals surface area contributed by atoms with Crippen LogP contribution in [-0.2, 0) is 0 Å². The lowest BCUT2D eigenvalue weighted by molar-refractivity contribution is 0.334. The first-order chi connectivity index (χ1) is 8.06. The standard InChI is InChI=1S/C12H19BrN4/c1-8-4-3-5-9(6-8)17(2)12-15-10(13)7-11(14)16-12/h7-9H,3-6H2,1-2H3,(H2,14,15,16). The largest absolute Gasteiger partial charge is 0.383 e. The van der Waals surface area contributed by atoms with Crippen molar-refractivity contribution in [3.63, 3.8) is 0 Å². The smallest absolute Gasteiger partial charge is 0.228 e. The Balaban J connectivity index is 2.15. The van der Waals surface area contributed by atoms with E-state index >= 15 is 0 Å². The van der Waals surface area contributed by atoms with Crippen molar-refractivity contribution < 1.29 is 0 Å². The highest BCUT2D eigenvalue weighted by atomic mass is 79.9. The van der Waals surface area contributed by atoms with Crippen molar-refractivity contribution in [2.45, 2.75) is 38.6 Å². The summed E-state index contributed by atoms with van der Waals surface area (Å²) in [5.41, 5.74) is 5.75. The summed E-state index contributed by atoms with van der Waals surface area (Å²) in [6, 6.07) is 2.26. The van der Waals surface area contributed by atoms with Crippen molar-refractivity contribution in [2.24, 2.45) is 5.92 Å². The van der Waals surface area contributed by atoms with Crippen LogP contribution in [0.25, 0.3) is 0 Å². The van der Waals surface area contributed by atoms with Crippen molar-refractivity contribution in [1.29, 1.82) is 0 Å². The summed E-state index contributed by atoms with van der Waals surface area (Å²) in [6.45, 7) is 2.32. The number of hydrogen-bond acceptors (Lipinski definition) is 4. The van der Waals surface area contributed by atoms with Gasteiger partial charge in [0, 0.05) is 19.2 Å². The molecule has 1 saturated carbocycles. The van der Waals surface area contributed by atoms with E-state index < -0.39 is 0 Å². The Morgan fingerprint density at radius 1 is 1.41 bits per heavy atom. The molecule has 0 aliphatic heterocycles. The molecule has 0 bridgehead atoms. The number of nitrogen functional groups attached to an aromatic ring is 1. The number of halogens is 1. The molecule has 4 nitrogen and oxygen atoms in total. The van der Waals surface area contributed by atoms with Crippen LogP contribution < -0.4 is 10.6 Å². The summed E-state index contributed by atoms with van der Waals surface area (Å²) in [4.78, 5) is 10.8. The van der Waals surface area contributed by atoms with Gasteiger partial charge in [0.2, 0.25) is 5.95 Å². The number of rotatable bonds is 2. The second-order valence-corrected chi connectivity index (χ2v) is 5.76. The minimum Gasteiger partial charge on any atom is -0.383 e. The predicted molar refractivity (Wildman–Crippen MR) is 74.0 cm³/mol. The maximum atomic E-state index is 5.75. The molecule has 5 heteroatoms. The van der Waals surface area contributed by atoms with Gasteiger partial charge in [-0.2, -0.15) is 4.98 Å². The third-order valence-electron chi connectivity index (χ3n) is 3.47. The molecule has 94 valence electrons. The third-order valence-corrected chi connectivity index (χ3v) is 3.88. The lowest BCUT2D eigenvalue weighted by Crippen LogP contribution is -2.36. The van der Waals surface area contributed by atoms with Crippen LogP contribution in [-0.4, -0.2) is 23.1 Å². The Bertz CT molecular complexity index is 376. The summed E-state index contributed by atoms with van der Waals surface area (Å²) >= 11 is 3.36. The van der Waals surface area contributed by atoms with Gasteiger partial charge in [-0.05, 0) is 34.7 Å². The number of anilines is 2. The van der Waals surface area contributed by atoms with Gasteiger partial charge in [0.05, 0.1) is 0 Å². The van der Waals surface area contributed by atoms with Gasteiger partial charge in [-0.25, -0.2) is 4.98 Å². The summed E-state index contributed by atoms with van der Waals surface area (Å²) < 4.78 is 0.746. The summed E-state index contributed by atoms with van der Waals surface area (Å²) in [5, 5.41) is 0. The zero-order chi connectivity index (χ0) is 12.4. The van der Waals surface area contributed by atoms with E-state index in [2.05, 4.69) is 44.8 Å². The van der Waals surface area contributed by atoms with E-state index in [0.717, 1.165) is 16.5 Å². The van der Waals surface area contributed by atoms with Crippen LogP contribution in [0.2, 0.25) is 0 Å². The molecule has 0 radical (unpaired) electrons. The molecule has 0 amide bonds. The topological polar surface area (TPSA) is 55.0 Å². The summed E-state index contributed by atoms with van der Waals surface area (Å²) in [6.07, 6.45) is 5.06. The van der Waals surface area contributed by atoms with Crippen LogP contribution in [0.15, 0.2) is 10.7 Å². The van der Waals surface area contributed by atoms with Crippen LogP contribution in [0.1, 0.15) is 32.6 Å². The van der Waals surface area contributed by atoms with Crippen molar-refractivity contribution in [3.8, 4) is 0 Å². The van der Waals surface area contributed by atoms with Crippen molar-refractivity contribution in [2.75, 3.05) is 17.7 Å². The highest BCUT2D eigenvalue weighted by molar-refractivity contribution is 9.10. The Labute approximate surface area is 111 Å². The van der Waals surface area contributed by atoms with E-state index in [0.29, 0.717) is 11.9 Å². The third kappa shape index (κ3) is 3.09. The molecule has 1 fully saturated rings. The van der Waals surface area contributed by atoms with E-state index in [4.69, 9.17) is 5.73 Å². The molecule has 1 aliphatic carbocycles. The van der Waals surface area contributed by atoms with Gasteiger partial charge < -0.3 is 10.6 Å². The molecule has 17 heavy (non-hydrogen) atoms. The Hall–Kier alpha value is -0.840. The first kappa shape index (κ1) is 12.6. The van der Waals surface area contributed by atoms with E-state index in [9.17, 15) is 0 Å². The molecule has 1 heterocycles. The van der Waals surface area contributed by atoms with Gasteiger partial charge in [0.25, 0.3) is 0 Å². The molecule has 0 aromatic carbocycles. The molecule has 2 unspecified atom stereocenters.